The number of nitrogens with zero attached hydrogens (tertiary/aromatic N) is 1. The number of carbonyl (C=O) groups is 1. The zero-order chi connectivity index (χ0) is 20.9. The van der Waals surface area contributed by atoms with Crippen molar-refractivity contribution in [1.29, 1.82) is 0 Å². The molecule has 0 bridgehead atoms. The number of hydrogen-bond acceptors (Lipinski definition) is 3. The van der Waals surface area contributed by atoms with Crippen molar-refractivity contribution in [2.75, 3.05) is 33.3 Å². The van der Waals surface area contributed by atoms with Gasteiger partial charge in [-0.2, -0.15) is 0 Å². The first-order chi connectivity index (χ1) is 14.1. The highest BCUT2D eigenvalue weighted by Crippen LogP contribution is 2.18. The highest BCUT2D eigenvalue weighted by molar-refractivity contribution is 14.0. The molecule has 2 aromatic carbocycles. The SMILES string of the molecule is CCNC(=NCC(=O)NCCc1ccccc1)NCCc1ccc(C)c(OC)c1.I. The topological polar surface area (TPSA) is 74.8 Å². The van der Waals surface area contributed by atoms with Crippen molar-refractivity contribution in [3.63, 3.8) is 0 Å². The van der Waals surface area contributed by atoms with Crippen LogP contribution in [0.15, 0.2) is 53.5 Å². The Hall–Kier alpha value is -2.29. The largest absolute Gasteiger partial charge is 0.496 e. The minimum Gasteiger partial charge on any atom is -0.496 e. The van der Waals surface area contributed by atoms with Crippen molar-refractivity contribution in [3.05, 3.63) is 65.2 Å². The number of benzene rings is 2. The molecule has 0 heterocycles. The fourth-order valence-electron chi connectivity index (χ4n) is 2.88. The van der Waals surface area contributed by atoms with E-state index in [2.05, 4.69) is 51.3 Å². The van der Waals surface area contributed by atoms with E-state index >= 15 is 0 Å². The van der Waals surface area contributed by atoms with E-state index in [1.54, 1.807) is 7.11 Å². The first-order valence-corrected chi connectivity index (χ1v) is 10.1. The average Bonchev–Trinajstić information content (AvgIpc) is 2.74. The maximum atomic E-state index is 12.1. The minimum atomic E-state index is -0.0820. The van der Waals surface area contributed by atoms with Gasteiger partial charge in [0.25, 0.3) is 0 Å². The van der Waals surface area contributed by atoms with Crippen molar-refractivity contribution < 1.29 is 9.53 Å². The number of amides is 1. The molecule has 0 radical (unpaired) electrons. The highest BCUT2D eigenvalue weighted by Gasteiger charge is 2.04. The lowest BCUT2D eigenvalue weighted by atomic mass is 10.1. The predicted molar refractivity (Wildman–Crippen MR) is 134 cm³/mol. The summed E-state index contributed by atoms with van der Waals surface area (Å²) in [6.07, 6.45) is 1.65. The Morgan fingerprint density at radius 1 is 0.967 bits per heavy atom. The highest BCUT2D eigenvalue weighted by atomic mass is 127. The van der Waals surface area contributed by atoms with Gasteiger partial charge >= 0.3 is 0 Å². The molecule has 2 rings (SSSR count). The maximum Gasteiger partial charge on any atom is 0.241 e. The van der Waals surface area contributed by atoms with E-state index in [1.165, 1.54) is 11.1 Å². The quantitative estimate of drug-likeness (QED) is 0.254. The molecule has 0 aliphatic carbocycles. The van der Waals surface area contributed by atoms with Gasteiger partial charge in [0.1, 0.15) is 12.3 Å². The molecule has 0 spiro atoms. The van der Waals surface area contributed by atoms with Gasteiger partial charge in [0.2, 0.25) is 5.91 Å². The van der Waals surface area contributed by atoms with Crippen LogP contribution in [0.3, 0.4) is 0 Å². The van der Waals surface area contributed by atoms with Crippen LogP contribution in [-0.4, -0.2) is 45.2 Å². The number of nitrogens with one attached hydrogen (secondary N) is 3. The standard InChI is InChI=1S/C23H32N4O2.HI/c1-4-24-23(26-15-13-20-11-10-18(2)21(16-20)29-3)27-17-22(28)25-14-12-19-8-6-5-7-9-19;/h5-11,16H,4,12-15,17H2,1-3H3,(H,25,28)(H2,24,26,27);1H. The first-order valence-electron chi connectivity index (χ1n) is 10.1. The van der Waals surface area contributed by atoms with E-state index in [1.807, 2.05) is 32.0 Å². The first kappa shape index (κ1) is 25.7. The summed E-state index contributed by atoms with van der Waals surface area (Å²) in [5, 5.41) is 9.36. The summed E-state index contributed by atoms with van der Waals surface area (Å²) < 4.78 is 5.38. The van der Waals surface area contributed by atoms with Crippen molar-refractivity contribution in [1.82, 2.24) is 16.0 Å². The Bertz CT molecular complexity index is 797. The molecule has 0 saturated carbocycles. The maximum absolute atomic E-state index is 12.1. The van der Waals surface area contributed by atoms with Gasteiger partial charge in [-0.1, -0.05) is 42.5 Å². The van der Waals surface area contributed by atoms with Crippen LogP contribution in [0, 0.1) is 6.92 Å². The van der Waals surface area contributed by atoms with E-state index in [0.717, 1.165) is 30.7 Å². The summed E-state index contributed by atoms with van der Waals surface area (Å²) in [6, 6.07) is 16.3. The Morgan fingerprint density at radius 2 is 1.67 bits per heavy atom. The molecular formula is C23H33IN4O2. The summed E-state index contributed by atoms with van der Waals surface area (Å²) in [5.74, 6) is 1.46. The molecule has 7 heteroatoms. The third kappa shape index (κ3) is 9.47. The summed E-state index contributed by atoms with van der Waals surface area (Å²) >= 11 is 0. The molecule has 3 N–H and O–H groups in total. The third-order valence-electron chi connectivity index (χ3n) is 4.48. The molecule has 30 heavy (non-hydrogen) atoms. The zero-order valence-electron chi connectivity index (χ0n) is 18.0. The van der Waals surface area contributed by atoms with E-state index in [9.17, 15) is 4.79 Å². The van der Waals surface area contributed by atoms with Crippen molar-refractivity contribution in [2.24, 2.45) is 4.99 Å². The minimum absolute atomic E-state index is 0. The van der Waals surface area contributed by atoms with Gasteiger partial charge < -0.3 is 20.7 Å². The number of rotatable bonds is 10. The number of guanidine groups is 1. The molecule has 0 saturated heterocycles. The molecule has 6 nitrogen and oxygen atoms in total. The van der Waals surface area contributed by atoms with Crippen LogP contribution >= 0.6 is 24.0 Å². The number of methoxy groups -OCH3 is 1. The molecular weight excluding hydrogens is 491 g/mol. The Kier molecular flexibility index (Phi) is 12.6. The summed E-state index contributed by atoms with van der Waals surface area (Å²) in [7, 11) is 1.69. The van der Waals surface area contributed by atoms with Crippen LogP contribution < -0.4 is 20.7 Å². The second kappa shape index (κ2) is 14.7. The molecule has 0 aliphatic rings. The summed E-state index contributed by atoms with van der Waals surface area (Å²) in [5.41, 5.74) is 3.52. The smallest absolute Gasteiger partial charge is 0.241 e. The van der Waals surface area contributed by atoms with Gasteiger partial charge in [0, 0.05) is 19.6 Å². The van der Waals surface area contributed by atoms with E-state index < -0.39 is 0 Å². The lowest BCUT2D eigenvalue weighted by Gasteiger charge is -2.12. The molecule has 0 fully saturated rings. The average molecular weight is 524 g/mol. The summed E-state index contributed by atoms with van der Waals surface area (Å²) in [4.78, 5) is 16.4. The fourth-order valence-corrected chi connectivity index (χ4v) is 2.88. The van der Waals surface area contributed by atoms with Crippen LogP contribution in [0.5, 0.6) is 5.75 Å². The normalized spacial score (nSPS) is 10.7. The lowest BCUT2D eigenvalue weighted by molar-refractivity contribution is -0.119. The predicted octanol–water partition coefficient (Wildman–Crippen LogP) is 3.08. The number of carbonyl (C=O) groups excluding carboxylic acids is 1. The number of halogens is 1. The lowest BCUT2D eigenvalue weighted by Crippen LogP contribution is -2.39. The third-order valence-corrected chi connectivity index (χ3v) is 4.48. The molecule has 0 aromatic heterocycles. The van der Waals surface area contributed by atoms with Crippen LogP contribution in [-0.2, 0) is 17.6 Å². The van der Waals surface area contributed by atoms with Gasteiger partial charge in [-0.25, -0.2) is 4.99 Å². The second-order valence-corrected chi connectivity index (χ2v) is 6.76. The Morgan fingerprint density at radius 3 is 2.37 bits per heavy atom. The van der Waals surface area contributed by atoms with Crippen LogP contribution in [0.4, 0.5) is 0 Å². The fraction of sp³-hybridized carbons (Fsp3) is 0.391. The monoisotopic (exact) mass is 524 g/mol. The van der Waals surface area contributed by atoms with E-state index in [-0.39, 0.29) is 36.4 Å². The Balaban J connectivity index is 0.00000450. The molecule has 0 atom stereocenters. The van der Waals surface area contributed by atoms with Crippen LogP contribution in [0.25, 0.3) is 0 Å². The molecule has 0 unspecified atom stereocenters. The van der Waals surface area contributed by atoms with Gasteiger partial charge in [-0.05, 0) is 49.4 Å². The van der Waals surface area contributed by atoms with E-state index in [0.29, 0.717) is 19.0 Å². The molecule has 1 amide bonds. The van der Waals surface area contributed by atoms with Crippen LogP contribution in [0.2, 0.25) is 0 Å². The van der Waals surface area contributed by atoms with Gasteiger partial charge in [-0.3, -0.25) is 4.79 Å². The van der Waals surface area contributed by atoms with Crippen molar-refractivity contribution in [2.45, 2.75) is 26.7 Å². The summed E-state index contributed by atoms with van der Waals surface area (Å²) in [6.45, 7) is 6.19. The molecule has 2 aromatic rings. The van der Waals surface area contributed by atoms with Gasteiger partial charge in [0.15, 0.2) is 5.96 Å². The van der Waals surface area contributed by atoms with Gasteiger partial charge in [0.05, 0.1) is 7.11 Å². The van der Waals surface area contributed by atoms with Crippen molar-refractivity contribution >= 4 is 35.8 Å². The number of aryl methyl sites for hydroxylation is 1. The number of ether oxygens (including phenoxy) is 1. The Labute approximate surface area is 196 Å². The molecule has 0 aliphatic heterocycles. The van der Waals surface area contributed by atoms with Crippen LogP contribution in [0.1, 0.15) is 23.6 Å². The number of hydrogen-bond donors (Lipinski definition) is 3. The van der Waals surface area contributed by atoms with Crippen molar-refractivity contribution in [3.8, 4) is 5.75 Å². The van der Waals surface area contributed by atoms with E-state index in [4.69, 9.17) is 4.74 Å². The molecule has 164 valence electrons. The second-order valence-electron chi connectivity index (χ2n) is 6.76. The zero-order valence-corrected chi connectivity index (χ0v) is 20.4. The number of aliphatic imine (C=N–C) groups is 1. The van der Waals surface area contributed by atoms with Gasteiger partial charge in [-0.15, -0.1) is 24.0 Å².